The van der Waals surface area contributed by atoms with Gasteiger partial charge in [0.1, 0.15) is 0 Å². The summed E-state index contributed by atoms with van der Waals surface area (Å²) in [5.74, 6) is -0.0307. The van der Waals surface area contributed by atoms with Gasteiger partial charge in [-0.05, 0) is 43.4 Å². The molecule has 0 aliphatic carbocycles. The minimum atomic E-state index is -0.553. The molecule has 0 spiro atoms. The van der Waals surface area contributed by atoms with Crippen LogP contribution in [-0.4, -0.2) is 23.7 Å². The number of hydrogen-bond acceptors (Lipinski definition) is 3. The first-order valence-corrected chi connectivity index (χ1v) is 33.0. The quantitative estimate of drug-likeness (QED) is 0.0487. The van der Waals surface area contributed by atoms with Gasteiger partial charge in [-0.1, -0.05) is 357 Å². The van der Waals surface area contributed by atoms with Crippen LogP contribution in [0.4, 0.5) is 0 Å². The molecule has 0 heterocycles. The normalized spacial score (nSPS) is 12.5. The fourth-order valence-electron chi connectivity index (χ4n) is 10.9. The van der Waals surface area contributed by atoms with Crippen molar-refractivity contribution in [1.82, 2.24) is 0 Å². The van der Waals surface area contributed by atoms with E-state index < -0.39 is 5.97 Å². The van der Waals surface area contributed by atoms with Crippen molar-refractivity contribution in [2.45, 2.75) is 395 Å². The van der Waals surface area contributed by atoms with E-state index >= 15 is 0 Å². The Labute approximate surface area is 448 Å². The van der Waals surface area contributed by atoms with E-state index in [-0.39, 0.29) is 11.9 Å². The molecular weight excluding hydrogens is 869 g/mol. The molecule has 0 rings (SSSR count). The van der Waals surface area contributed by atoms with E-state index in [2.05, 4.69) is 48.5 Å². The highest BCUT2D eigenvalue weighted by atomic mass is 16.5. The van der Waals surface area contributed by atoms with Gasteiger partial charge in [-0.15, -0.1) is 0 Å². The van der Waals surface area contributed by atoms with Gasteiger partial charge in [0.25, 0.3) is 0 Å². The number of carboxylic acids is 1. The zero-order valence-corrected chi connectivity index (χ0v) is 50.2. The second kappa shape index (κ2) is 59.8. The minimum Gasteiger partial charge on any atom is -0.481 e. The second-order valence-electron chi connectivity index (χ2n) is 24.5. The van der Waals surface area contributed by atoms with Crippen LogP contribution in [-0.2, 0) is 14.3 Å². The molecule has 2 atom stereocenters. The highest BCUT2D eigenvalue weighted by Crippen LogP contribution is 2.26. The first kappa shape index (κ1) is 72.0. The van der Waals surface area contributed by atoms with E-state index in [1.54, 1.807) is 0 Å². The van der Waals surface area contributed by atoms with Crippen molar-refractivity contribution in [1.29, 1.82) is 0 Å². The van der Waals surface area contributed by atoms with E-state index in [1.807, 2.05) is 0 Å². The third-order valence-electron chi connectivity index (χ3n) is 15.5. The molecule has 0 fully saturated rings. The topological polar surface area (TPSA) is 63.6 Å². The minimum absolute atomic E-state index is 0.00246. The second-order valence-corrected chi connectivity index (χ2v) is 24.5. The van der Waals surface area contributed by atoms with Crippen LogP contribution in [0.3, 0.4) is 0 Å². The lowest BCUT2D eigenvalue weighted by Crippen LogP contribution is -2.14. The van der Waals surface area contributed by atoms with Crippen LogP contribution in [0.15, 0.2) is 0 Å². The highest BCUT2D eigenvalue weighted by molar-refractivity contribution is 5.70. The molecule has 426 valence electrons. The van der Waals surface area contributed by atoms with E-state index in [0.29, 0.717) is 24.4 Å². The Hall–Kier alpha value is -1.06. The van der Waals surface area contributed by atoms with Crippen molar-refractivity contribution in [3.63, 3.8) is 0 Å². The number of hydrogen-bond donors (Lipinski definition) is 1. The molecule has 4 nitrogen and oxygen atoms in total. The molecule has 1 N–H and O–H groups in total. The van der Waals surface area contributed by atoms with Gasteiger partial charge < -0.3 is 9.84 Å². The first-order valence-electron chi connectivity index (χ1n) is 33.0. The average molecular weight is 1000 g/mol. The Morgan fingerprint density at radius 3 is 0.803 bits per heavy atom. The molecular formula is C67H134O4. The molecule has 0 aliphatic rings. The smallest absolute Gasteiger partial charge is 0.306 e. The van der Waals surface area contributed by atoms with Crippen molar-refractivity contribution in [3.8, 4) is 0 Å². The summed E-state index contributed by atoms with van der Waals surface area (Å²) in [5.41, 5.74) is 0.358. The molecule has 0 aromatic rings. The van der Waals surface area contributed by atoms with Gasteiger partial charge >= 0.3 is 11.9 Å². The zero-order valence-electron chi connectivity index (χ0n) is 50.2. The van der Waals surface area contributed by atoms with Crippen LogP contribution < -0.4 is 0 Å². The average Bonchev–Trinajstić information content (AvgIpc) is 3.33. The number of aliphatic carboxylic acids is 1. The van der Waals surface area contributed by atoms with Crippen LogP contribution in [0.2, 0.25) is 0 Å². The first-order chi connectivity index (χ1) is 34.6. The Morgan fingerprint density at radius 2 is 0.577 bits per heavy atom. The lowest BCUT2D eigenvalue weighted by molar-refractivity contribution is -0.144. The standard InChI is InChI=1S/C40H80O2.C27H54O2/c1-3-5-7-9-11-13-15-17-19-21-22-24-26-28-30-32-34-36-38-39(40(41)42)37-35-33-31-29-27-25-23-20-18-16-14-12-10-8-6-4-2;1-6-7-8-9-10-11-12-13-14-15-16-17-18-19-20-21-26(28)29-23-22-25(2)24-27(3,4)5/h39H,3-38H2,1-2H3,(H,41,42);25H,6-24H2,1-5H3. The molecule has 2 unspecified atom stereocenters. The maximum absolute atomic E-state index is 11.8. The number of esters is 1. The molecule has 0 aromatic heterocycles. The van der Waals surface area contributed by atoms with Crippen LogP contribution in [0.25, 0.3) is 0 Å². The maximum atomic E-state index is 11.8. The molecule has 0 aliphatic heterocycles. The number of carbonyl (C=O) groups excluding carboxylic acids is 1. The van der Waals surface area contributed by atoms with E-state index in [0.717, 1.165) is 38.5 Å². The molecule has 4 heteroatoms. The predicted octanol–water partition coefficient (Wildman–Crippen LogP) is 24.0. The number of unbranched alkanes of at least 4 members (excludes halogenated alkanes) is 46. The van der Waals surface area contributed by atoms with Crippen LogP contribution in [0, 0.1) is 17.3 Å². The molecule has 0 amide bonds. The van der Waals surface area contributed by atoms with E-state index in [1.165, 1.54) is 302 Å². The summed E-state index contributed by atoms with van der Waals surface area (Å²) in [4.78, 5) is 23.5. The summed E-state index contributed by atoms with van der Waals surface area (Å²) in [6.45, 7) is 16.5. The fraction of sp³-hybridized carbons (Fsp3) is 0.970. The van der Waals surface area contributed by atoms with Crippen molar-refractivity contribution < 1.29 is 19.4 Å². The van der Waals surface area contributed by atoms with Crippen molar-refractivity contribution in [3.05, 3.63) is 0 Å². The molecule has 0 saturated heterocycles. The Bertz CT molecular complexity index is 1020. The van der Waals surface area contributed by atoms with Crippen molar-refractivity contribution >= 4 is 11.9 Å². The lowest BCUT2D eigenvalue weighted by Gasteiger charge is -2.23. The monoisotopic (exact) mass is 1000 g/mol. The molecule has 0 aromatic carbocycles. The van der Waals surface area contributed by atoms with Gasteiger partial charge in [0.05, 0.1) is 12.5 Å². The number of carboxylic acid groups (broad SMARTS) is 1. The SMILES string of the molecule is CCCCCCCCCCCCCCCCCC(=O)OCCC(C)CC(C)(C)C.CCCCCCCCCCCCCCCCCCCCC(CCCCCCCCCCCCCCCCCC)C(=O)O. The van der Waals surface area contributed by atoms with E-state index in [4.69, 9.17) is 4.74 Å². The Balaban J connectivity index is 0. The summed E-state index contributed by atoms with van der Waals surface area (Å²) in [5, 5.41) is 9.64. The maximum Gasteiger partial charge on any atom is 0.306 e. The Morgan fingerprint density at radius 1 is 0.352 bits per heavy atom. The van der Waals surface area contributed by atoms with E-state index in [9.17, 15) is 14.7 Å². The van der Waals surface area contributed by atoms with Crippen molar-refractivity contribution in [2.75, 3.05) is 6.61 Å². The molecule has 0 radical (unpaired) electrons. The summed E-state index contributed by atoms with van der Waals surface area (Å²) < 4.78 is 5.41. The Kier molecular flexibility index (Phi) is 60.7. The van der Waals surface area contributed by atoms with Gasteiger partial charge in [-0.25, -0.2) is 0 Å². The highest BCUT2D eigenvalue weighted by Gasteiger charge is 2.17. The molecule has 0 saturated carbocycles. The lowest BCUT2D eigenvalue weighted by atomic mass is 9.84. The zero-order chi connectivity index (χ0) is 52.4. The van der Waals surface area contributed by atoms with Gasteiger partial charge in [0.15, 0.2) is 0 Å². The van der Waals surface area contributed by atoms with Gasteiger partial charge in [-0.3, -0.25) is 9.59 Å². The molecule has 0 bridgehead atoms. The summed E-state index contributed by atoms with van der Waals surface area (Å²) in [6, 6.07) is 0. The van der Waals surface area contributed by atoms with Gasteiger partial charge in [0.2, 0.25) is 0 Å². The number of carbonyl (C=O) groups is 2. The third kappa shape index (κ3) is 65.0. The van der Waals surface area contributed by atoms with Gasteiger partial charge in [0, 0.05) is 6.42 Å². The van der Waals surface area contributed by atoms with Crippen LogP contribution in [0.1, 0.15) is 395 Å². The van der Waals surface area contributed by atoms with Gasteiger partial charge in [-0.2, -0.15) is 0 Å². The fourth-order valence-corrected chi connectivity index (χ4v) is 10.9. The summed E-state index contributed by atoms with van der Waals surface area (Å²) >= 11 is 0. The molecule has 71 heavy (non-hydrogen) atoms. The third-order valence-corrected chi connectivity index (χ3v) is 15.5. The number of rotatable bonds is 57. The predicted molar refractivity (Wildman–Crippen MR) is 317 cm³/mol. The largest absolute Gasteiger partial charge is 0.481 e. The summed E-state index contributed by atoms with van der Waals surface area (Å²) in [7, 11) is 0. The number of ether oxygens (including phenoxy) is 1. The summed E-state index contributed by atoms with van der Waals surface area (Å²) in [6.07, 6.45) is 71.8. The van der Waals surface area contributed by atoms with Crippen LogP contribution in [0.5, 0.6) is 0 Å². The van der Waals surface area contributed by atoms with Crippen molar-refractivity contribution in [2.24, 2.45) is 17.3 Å². The van der Waals surface area contributed by atoms with Crippen LogP contribution >= 0.6 is 0 Å².